The van der Waals surface area contributed by atoms with Crippen molar-refractivity contribution in [2.75, 3.05) is 7.05 Å². The first kappa shape index (κ1) is 25.4. The minimum absolute atomic E-state index is 0.0460. The first-order valence-corrected chi connectivity index (χ1v) is 11.7. The summed E-state index contributed by atoms with van der Waals surface area (Å²) in [5.74, 6) is -0.633. The fourth-order valence-electron chi connectivity index (χ4n) is 3.53. The summed E-state index contributed by atoms with van der Waals surface area (Å²) in [7, 11) is 1.54. The Morgan fingerprint density at radius 2 is 1.30 bits per heavy atom. The van der Waals surface area contributed by atoms with E-state index in [-0.39, 0.29) is 24.8 Å². The van der Waals surface area contributed by atoms with Gasteiger partial charge in [-0.05, 0) is 35.4 Å². The van der Waals surface area contributed by atoms with E-state index in [2.05, 4.69) is 5.32 Å². The second-order valence-corrected chi connectivity index (χ2v) is 9.05. The van der Waals surface area contributed by atoms with Crippen LogP contribution in [0.25, 0.3) is 0 Å². The van der Waals surface area contributed by atoms with E-state index in [0.717, 1.165) is 5.56 Å². The second-order valence-electron chi connectivity index (χ2n) is 7.42. The number of nitrogens with zero attached hydrogens (tertiary/aromatic N) is 1. The molecule has 0 fully saturated rings. The van der Waals surface area contributed by atoms with Crippen LogP contribution in [0.2, 0.25) is 20.1 Å². The van der Waals surface area contributed by atoms with E-state index in [4.69, 9.17) is 46.4 Å². The van der Waals surface area contributed by atoms with Gasteiger partial charge in [-0.15, -0.1) is 0 Å². The number of carbonyl (C=O) groups is 2. The molecule has 0 bridgehead atoms. The highest BCUT2D eigenvalue weighted by Gasteiger charge is 2.31. The molecule has 0 radical (unpaired) electrons. The second kappa shape index (κ2) is 11.8. The molecule has 0 saturated heterocycles. The van der Waals surface area contributed by atoms with E-state index in [1.165, 1.54) is 11.9 Å². The SMILES string of the molecule is CNC(=O)[C@H](Cc1ccccc1)N(Cc1c(Cl)cccc1Cl)C(=O)Cc1c(Cl)cccc1Cl. The van der Waals surface area contributed by atoms with Gasteiger partial charge < -0.3 is 10.2 Å². The molecular weight excluding hydrogens is 502 g/mol. The molecule has 8 heteroatoms. The molecule has 1 atom stereocenters. The van der Waals surface area contributed by atoms with Crippen molar-refractivity contribution >= 4 is 58.2 Å². The molecule has 33 heavy (non-hydrogen) atoms. The maximum absolute atomic E-state index is 13.6. The van der Waals surface area contributed by atoms with Gasteiger partial charge in [0.2, 0.25) is 11.8 Å². The third-order valence-electron chi connectivity index (χ3n) is 5.30. The molecule has 0 spiro atoms. The van der Waals surface area contributed by atoms with Crippen LogP contribution in [0.5, 0.6) is 0 Å². The van der Waals surface area contributed by atoms with Crippen LogP contribution in [-0.2, 0) is 29.0 Å². The van der Waals surface area contributed by atoms with E-state index in [1.807, 2.05) is 30.3 Å². The van der Waals surface area contributed by atoms with Crippen LogP contribution < -0.4 is 5.32 Å². The zero-order chi connectivity index (χ0) is 24.0. The highest BCUT2D eigenvalue weighted by atomic mass is 35.5. The monoisotopic (exact) mass is 522 g/mol. The van der Waals surface area contributed by atoms with Crippen LogP contribution in [0.3, 0.4) is 0 Å². The van der Waals surface area contributed by atoms with Crippen LogP contribution in [0, 0.1) is 0 Å². The van der Waals surface area contributed by atoms with E-state index < -0.39 is 6.04 Å². The number of hydrogen-bond acceptors (Lipinski definition) is 2. The lowest BCUT2D eigenvalue weighted by molar-refractivity contribution is -0.140. The highest BCUT2D eigenvalue weighted by molar-refractivity contribution is 6.36. The summed E-state index contributed by atoms with van der Waals surface area (Å²) in [5.41, 5.74) is 1.96. The van der Waals surface area contributed by atoms with Gasteiger partial charge in [0.25, 0.3) is 0 Å². The molecule has 0 aliphatic rings. The lowest BCUT2D eigenvalue weighted by Gasteiger charge is -2.32. The number of halogens is 4. The number of carbonyl (C=O) groups excluding carboxylic acids is 2. The van der Waals surface area contributed by atoms with Crippen molar-refractivity contribution in [1.82, 2.24) is 10.2 Å². The van der Waals surface area contributed by atoms with Gasteiger partial charge >= 0.3 is 0 Å². The zero-order valence-electron chi connectivity index (χ0n) is 17.8. The molecule has 1 N–H and O–H groups in total. The minimum Gasteiger partial charge on any atom is -0.357 e. The van der Waals surface area contributed by atoms with Crippen LogP contribution in [-0.4, -0.2) is 29.8 Å². The summed E-state index contributed by atoms with van der Waals surface area (Å²) in [4.78, 5) is 28.1. The highest BCUT2D eigenvalue weighted by Crippen LogP contribution is 2.29. The van der Waals surface area contributed by atoms with Gasteiger partial charge in [0.1, 0.15) is 6.04 Å². The fourth-order valence-corrected chi connectivity index (χ4v) is 4.58. The van der Waals surface area contributed by atoms with Gasteiger partial charge in [0.15, 0.2) is 0 Å². The quantitative estimate of drug-likeness (QED) is 0.380. The number of rotatable bonds is 8. The van der Waals surface area contributed by atoms with Crippen molar-refractivity contribution < 1.29 is 9.59 Å². The van der Waals surface area contributed by atoms with Crippen LogP contribution in [0.15, 0.2) is 66.7 Å². The fraction of sp³-hybridized carbons (Fsp3) is 0.200. The molecule has 0 aromatic heterocycles. The van der Waals surface area contributed by atoms with Crippen LogP contribution in [0.1, 0.15) is 16.7 Å². The molecule has 0 aliphatic carbocycles. The third-order valence-corrected chi connectivity index (χ3v) is 6.71. The number of benzene rings is 3. The van der Waals surface area contributed by atoms with Crippen molar-refractivity contribution in [3.05, 3.63) is 104 Å². The predicted molar refractivity (Wildman–Crippen MR) is 135 cm³/mol. The summed E-state index contributed by atoms with van der Waals surface area (Å²) >= 11 is 25.4. The molecule has 3 aromatic carbocycles. The lowest BCUT2D eigenvalue weighted by atomic mass is 10.0. The van der Waals surface area contributed by atoms with E-state index in [0.29, 0.717) is 37.6 Å². The Morgan fingerprint density at radius 1 is 0.788 bits per heavy atom. The van der Waals surface area contributed by atoms with Crippen LogP contribution in [0.4, 0.5) is 0 Å². The molecule has 0 saturated carbocycles. The van der Waals surface area contributed by atoms with Gasteiger partial charge in [-0.2, -0.15) is 0 Å². The topological polar surface area (TPSA) is 49.4 Å². The van der Waals surface area contributed by atoms with E-state index in [9.17, 15) is 9.59 Å². The molecule has 172 valence electrons. The molecule has 0 heterocycles. The van der Waals surface area contributed by atoms with Crippen molar-refractivity contribution in [3.8, 4) is 0 Å². The lowest BCUT2D eigenvalue weighted by Crippen LogP contribution is -2.50. The average molecular weight is 524 g/mol. The van der Waals surface area contributed by atoms with Gasteiger partial charge in [-0.25, -0.2) is 0 Å². The Morgan fingerprint density at radius 3 is 1.82 bits per heavy atom. The average Bonchev–Trinajstić information content (AvgIpc) is 2.80. The summed E-state index contributed by atoms with van der Waals surface area (Å²) in [6.45, 7) is 0.0460. The van der Waals surface area contributed by atoms with Crippen LogP contribution >= 0.6 is 46.4 Å². The van der Waals surface area contributed by atoms with Crippen molar-refractivity contribution in [3.63, 3.8) is 0 Å². The van der Waals surface area contributed by atoms with Gasteiger partial charge in [0.05, 0.1) is 6.42 Å². The van der Waals surface area contributed by atoms with E-state index >= 15 is 0 Å². The van der Waals surface area contributed by atoms with Crippen molar-refractivity contribution in [2.45, 2.75) is 25.4 Å². The summed E-state index contributed by atoms with van der Waals surface area (Å²) in [6.07, 6.45) is 0.230. The first-order valence-electron chi connectivity index (χ1n) is 10.2. The molecule has 0 unspecified atom stereocenters. The normalized spacial score (nSPS) is 11.7. The largest absolute Gasteiger partial charge is 0.357 e. The Balaban J connectivity index is 2.03. The van der Waals surface area contributed by atoms with E-state index in [1.54, 1.807) is 36.4 Å². The molecule has 4 nitrogen and oxygen atoms in total. The number of nitrogens with one attached hydrogen (secondary N) is 1. The Hall–Kier alpha value is -2.24. The molecule has 3 aromatic rings. The summed E-state index contributed by atoms with van der Waals surface area (Å²) < 4.78 is 0. The van der Waals surface area contributed by atoms with Crippen molar-refractivity contribution in [2.24, 2.45) is 0 Å². The standard InChI is InChI=1S/C25H22Cl4N2O2/c1-30-25(33)23(13-16-7-3-2-4-8-16)31(15-18-21(28)11-6-12-22(18)29)24(32)14-17-19(26)9-5-10-20(17)27/h2-12,23H,13-15H2,1H3,(H,30,33)/t23-/m0/s1. The molecule has 3 rings (SSSR count). The maximum atomic E-state index is 13.6. The molecular formula is C25H22Cl4N2O2. The number of hydrogen-bond donors (Lipinski definition) is 1. The number of amides is 2. The zero-order valence-corrected chi connectivity index (χ0v) is 20.8. The maximum Gasteiger partial charge on any atom is 0.242 e. The van der Waals surface area contributed by atoms with Gasteiger partial charge in [-0.1, -0.05) is 88.9 Å². The molecule has 2 amide bonds. The number of likely N-dealkylation sites (N-methyl/N-ethyl adjacent to an activating group) is 1. The third kappa shape index (κ3) is 6.42. The first-order chi connectivity index (χ1) is 15.8. The Kier molecular flexibility index (Phi) is 9.04. The minimum atomic E-state index is -0.807. The Bertz CT molecular complexity index is 1100. The van der Waals surface area contributed by atoms with Crippen molar-refractivity contribution in [1.29, 1.82) is 0 Å². The summed E-state index contributed by atoms with van der Waals surface area (Å²) in [6, 6.07) is 18.9. The smallest absolute Gasteiger partial charge is 0.242 e. The summed E-state index contributed by atoms with van der Waals surface area (Å²) in [5, 5.41) is 4.25. The van der Waals surface area contributed by atoms with Gasteiger partial charge in [0, 0.05) is 45.7 Å². The van der Waals surface area contributed by atoms with Gasteiger partial charge in [-0.3, -0.25) is 9.59 Å². The molecule has 0 aliphatic heterocycles. The predicted octanol–water partition coefficient (Wildman–Crippen LogP) is 6.23. The Labute approximate surface area is 213 Å².